The summed E-state index contributed by atoms with van der Waals surface area (Å²) in [5.74, 6) is 0.116. The van der Waals surface area contributed by atoms with Crippen molar-refractivity contribution >= 4 is 5.91 Å². The number of nitrogens with zero attached hydrogens (tertiary/aromatic N) is 3. The number of rotatable bonds is 5. The second kappa shape index (κ2) is 8.52. The normalized spacial score (nSPS) is 15.7. The topological polar surface area (TPSA) is 36.4 Å². The Kier molecular flexibility index (Phi) is 6.11. The number of hydrogen-bond acceptors (Lipinski definition) is 3. The Labute approximate surface area is 156 Å². The molecule has 2 heterocycles. The minimum Gasteiger partial charge on any atom is -0.340 e. The van der Waals surface area contributed by atoms with E-state index in [4.69, 9.17) is 0 Å². The molecule has 0 spiro atoms. The Morgan fingerprint density at radius 1 is 1.00 bits per heavy atom. The maximum atomic E-state index is 12.8. The van der Waals surface area contributed by atoms with Gasteiger partial charge in [0.25, 0.3) is 0 Å². The molecule has 0 bridgehead atoms. The van der Waals surface area contributed by atoms with Crippen molar-refractivity contribution in [1.82, 2.24) is 14.8 Å². The van der Waals surface area contributed by atoms with Gasteiger partial charge in [-0.25, -0.2) is 0 Å². The van der Waals surface area contributed by atoms with Gasteiger partial charge in [-0.3, -0.25) is 14.7 Å². The van der Waals surface area contributed by atoms with Crippen LogP contribution in [0.25, 0.3) is 0 Å². The molecule has 7 heteroatoms. The molecule has 1 aromatic heterocycles. The quantitative estimate of drug-likeness (QED) is 0.802. The number of hydrogen-bond donors (Lipinski definition) is 0. The molecule has 0 aliphatic carbocycles. The number of aryl methyl sites for hydroxylation is 1. The highest BCUT2D eigenvalue weighted by atomic mass is 19.4. The highest BCUT2D eigenvalue weighted by Gasteiger charge is 2.30. The molecule has 144 valence electrons. The average molecular weight is 377 g/mol. The van der Waals surface area contributed by atoms with Crippen LogP contribution in [0, 0.1) is 0 Å². The number of halogens is 3. The van der Waals surface area contributed by atoms with Crippen molar-refractivity contribution in [3.63, 3.8) is 0 Å². The number of amides is 1. The zero-order valence-corrected chi connectivity index (χ0v) is 15.0. The monoisotopic (exact) mass is 377 g/mol. The Morgan fingerprint density at radius 2 is 1.70 bits per heavy atom. The van der Waals surface area contributed by atoms with Crippen LogP contribution >= 0.6 is 0 Å². The van der Waals surface area contributed by atoms with Crippen LogP contribution in [0.4, 0.5) is 13.2 Å². The maximum Gasteiger partial charge on any atom is 0.416 e. The van der Waals surface area contributed by atoms with Crippen LogP contribution in [0.1, 0.15) is 23.1 Å². The Bertz CT molecular complexity index is 757. The summed E-state index contributed by atoms with van der Waals surface area (Å²) in [5, 5.41) is 0. The van der Waals surface area contributed by atoms with Gasteiger partial charge in [-0.15, -0.1) is 0 Å². The SMILES string of the molecule is O=C(CCc1ccncc1)N1CCN(Cc2cccc(C(F)(F)F)c2)CC1. The molecular formula is C20H22F3N3O. The molecular weight excluding hydrogens is 355 g/mol. The van der Waals surface area contributed by atoms with E-state index >= 15 is 0 Å². The number of alkyl halides is 3. The second-order valence-electron chi connectivity index (χ2n) is 6.71. The fourth-order valence-corrected chi connectivity index (χ4v) is 3.22. The molecule has 1 fully saturated rings. The maximum absolute atomic E-state index is 12.8. The van der Waals surface area contributed by atoms with Crippen LogP contribution in [0.15, 0.2) is 48.8 Å². The molecule has 0 atom stereocenters. The lowest BCUT2D eigenvalue weighted by Gasteiger charge is -2.35. The van der Waals surface area contributed by atoms with Gasteiger partial charge in [0.15, 0.2) is 0 Å². The van der Waals surface area contributed by atoms with E-state index in [9.17, 15) is 18.0 Å². The first-order valence-electron chi connectivity index (χ1n) is 8.97. The van der Waals surface area contributed by atoms with Crippen LogP contribution in [-0.2, 0) is 23.9 Å². The van der Waals surface area contributed by atoms with Crippen molar-refractivity contribution in [3.05, 3.63) is 65.5 Å². The summed E-state index contributed by atoms with van der Waals surface area (Å²) in [6, 6.07) is 9.24. The second-order valence-corrected chi connectivity index (χ2v) is 6.71. The first-order valence-corrected chi connectivity index (χ1v) is 8.97. The van der Waals surface area contributed by atoms with E-state index in [2.05, 4.69) is 9.88 Å². The van der Waals surface area contributed by atoms with Gasteiger partial charge < -0.3 is 4.90 Å². The smallest absolute Gasteiger partial charge is 0.340 e. The summed E-state index contributed by atoms with van der Waals surface area (Å²) in [5.41, 5.74) is 1.11. The lowest BCUT2D eigenvalue weighted by molar-refractivity contribution is -0.137. The number of piperazine rings is 1. The van der Waals surface area contributed by atoms with Crippen LogP contribution in [0.2, 0.25) is 0 Å². The van der Waals surface area contributed by atoms with Crippen LogP contribution in [-0.4, -0.2) is 46.9 Å². The molecule has 1 aliphatic heterocycles. The minimum absolute atomic E-state index is 0.116. The molecule has 0 radical (unpaired) electrons. The zero-order valence-electron chi connectivity index (χ0n) is 15.0. The van der Waals surface area contributed by atoms with Crippen molar-refractivity contribution in [3.8, 4) is 0 Å². The highest BCUT2D eigenvalue weighted by Crippen LogP contribution is 2.29. The van der Waals surface area contributed by atoms with Crippen molar-refractivity contribution in [2.24, 2.45) is 0 Å². The summed E-state index contributed by atoms with van der Waals surface area (Å²) in [6.45, 7) is 3.00. The molecule has 1 saturated heterocycles. The van der Waals surface area contributed by atoms with Gasteiger partial charge >= 0.3 is 6.18 Å². The van der Waals surface area contributed by atoms with Gasteiger partial charge in [0.05, 0.1) is 5.56 Å². The molecule has 2 aromatic rings. The summed E-state index contributed by atoms with van der Waals surface area (Å²) in [6.07, 6.45) is 0.248. The van der Waals surface area contributed by atoms with Crippen molar-refractivity contribution in [2.45, 2.75) is 25.6 Å². The standard InChI is InChI=1S/C20H22F3N3O/c21-20(22,23)18-3-1-2-17(14-18)15-25-10-12-26(13-11-25)19(27)5-4-16-6-8-24-9-7-16/h1-3,6-9,14H,4-5,10-13,15H2. The van der Waals surface area contributed by atoms with Gasteiger partial charge in [0.1, 0.15) is 0 Å². The Hall–Kier alpha value is -2.41. The molecule has 1 aliphatic rings. The average Bonchev–Trinajstić information content (AvgIpc) is 2.67. The van der Waals surface area contributed by atoms with E-state index in [1.807, 2.05) is 17.0 Å². The Balaban J connectivity index is 1.47. The van der Waals surface area contributed by atoms with Crippen molar-refractivity contribution in [1.29, 1.82) is 0 Å². The number of pyridine rings is 1. The molecule has 1 aromatic carbocycles. The first kappa shape index (κ1) is 19.4. The molecule has 27 heavy (non-hydrogen) atoms. The lowest BCUT2D eigenvalue weighted by atomic mass is 10.1. The van der Waals surface area contributed by atoms with Gasteiger partial charge in [0.2, 0.25) is 5.91 Å². The van der Waals surface area contributed by atoms with Gasteiger partial charge in [0, 0.05) is 51.5 Å². The predicted molar refractivity (Wildman–Crippen MR) is 95.9 cm³/mol. The van der Waals surface area contributed by atoms with Crippen LogP contribution in [0.3, 0.4) is 0 Å². The molecule has 0 saturated carbocycles. The first-order chi connectivity index (χ1) is 12.9. The van der Waals surface area contributed by atoms with E-state index in [1.54, 1.807) is 18.5 Å². The van der Waals surface area contributed by atoms with Gasteiger partial charge in [-0.2, -0.15) is 13.2 Å². The highest BCUT2D eigenvalue weighted by molar-refractivity contribution is 5.76. The number of benzene rings is 1. The Morgan fingerprint density at radius 3 is 2.37 bits per heavy atom. The van der Waals surface area contributed by atoms with Crippen LogP contribution < -0.4 is 0 Å². The van der Waals surface area contributed by atoms with E-state index in [0.717, 1.165) is 11.6 Å². The fraction of sp³-hybridized carbons (Fsp3) is 0.400. The summed E-state index contributed by atoms with van der Waals surface area (Å²) in [4.78, 5) is 20.2. The van der Waals surface area contributed by atoms with Crippen molar-refractivity contribution in [2.75, 3.05) is 26.2 Å². The third-order valence-electron chi connectivity index (χ3n) is 4.76. The zero-order chi connectivity index (χ0) is 19.3. The van der Waals surface area contributed by atoms with Gasteiger partial charge in [-0.05, 0) is 35.7 Å². The third kappa shape index (κ3) is 5.53. The molecule has 4 nitrogen and oxygen atoms in total. The largest absolute Gasteiger partial charge is 0.416 e. The van der Waals surface area contributed by atoms with Crippen LogP contribution in [0.5, 0.6) is 0 Å². The minimum atomic E-state index is -4.32. The summed E-state index contributed by atoms with van der Waals surface area (Å²) < 4.78 is 38.5. The fourth-order valence-electron chi connectivity index (χ4n) is 3.22. The van der Waals surface area contributed by atoms with Gasteiger partial charge in [-0.1, -0.05) is 18.2 Å². The molecule has 0 unspecified atom stereocenters. The third-order valence-corrected chi connectivity index (χ3v) is 4.76. The van der Waals surface area contributed by atoms with E-state index in [-0.39, 0.29) is 5.91 Å². The summed E-state index contributed by atoms with van der Waals surface area (Å²) >= 11 is 0. The van der Waals surface area contributed by atoms with Crippen molar-refractivity contribution < 1.29 is 18.0 Å². The molecule has 0 N–H and O–H groups in total. The number of aromatic nitrogens is 1. The molecule has 1 amide bonds. The lowest BCUT2D eigenvalue weighted by Crippen LogP contribution is -2.48. The molecule has 3 rings (SSSR count). The number of carbonyl (C=O) groups excluding carboxylic acids is 1. The van der Waals surface area contributed by atoms with E-state index < -0.39 is 11.7 Å². The summed E-state index contributed by atoms with van der Waals surface area (Å²) in [7, 11) is 0. The van der Waals surface area contributed by atoms with E-state index in [1.165, 1.54) is 12.1 Å². The van der Waals surface area contributed by atoms with E-state index in [0.29, 0.717) is 51.1 Å². The number of carbonyl (C=O) groups is 1. The predicted octanol–water partition coefficient (Wildman–Crippen LogP) is 3.38.